The van der Waals surface area contributed by atoms with Crippen LogP contribution in [-0.2, 0) is 30.8 Å². The summed E-state index contributed by atoms with van der Waals surface area (Å²) >= 11 is 0. The van der Waals surface area contributed by atoms with E-state index < -0.39 is 11.6 Å². The number of aromatic nitrogens is 1. The molecule has 4 heterocycles. The highest BCUT2D eigenvalue weighted by molar-refractivity contribution is 6.15. The highest BCUT2D eigenvalue weighted by atomic mass is 19.1. The van der Waals surface area contributed by atoms with Crippen LogP contribution in [0.1, 0.15) is 46.2 Å². The van der Waals surface area contributed by atoms with Gasteiger partial charge in [0.1, 0.15) is 11.6 Å². The minimum atomic E-state index is -0.571. The molecule has 3 aromatic rings. The number of hydrogen-bond donors (Lipinski definition) is 0. The number of amides is 1. The number of likely N-dealkylation sites (tertiary alicyclic amines) is 1. The summed E-state index contributed by atoms with van der Waals surface area (Å²) in [6.07, 6.45) is 4.00. The molecule has 0 N–H and O–H groups in total. The number of halogens is 2. The molecule has 0 radical (unpaired) electrons. The molecule has 1 aromatic heterocycles. The number of benzene rings is 2. The third-order valence-corrected chi connectivity index (χ3v) is 7.64. The quantitative estimate of drug-likeness (QED) is 0.523. The topological polar surface area (TPSA) is 58.0 Å². The molecule has 0 spiro atoms. The summed E-state index contributed by atoms with van der Waals surface area (Å²) < 4.78 is 32.7. The van der Waals surface area contributed by atoms with Crippen LogP contribution in [0.25, 0.3) is 0 Å². The summed E-state index contributed by atoms with van der Waals surface area (Å²) in [7, 11) is 1.59. The van der Waals surface area contributed by atoms with E-state index in [0.29, 0.717) is 44.0 Å². The smallest absolute Gasteiger partial charge is 0.227 e. The van der Waals surface area contributed by atoms with Crippen LogP contribution in [0.4, 0.5) is 8.78 Å². The Bertz CT molecular complexity index is 1390. The predicted molar refractivity (Wildman–Crippen MR) is 135 cm³/mol. The van der Waals surface area contributed by atoms with Crippen LogP contribution >= 0.6 is 0 Å². The number of carbonyl (C=O) groups is 1. The molecular formula is C29H28F2N4O2. The van der Waals surface area contributed by atoms with Crippen molar-refractivity contribution in [3.8, 4) is 5.88 Å². The molecule has 1 fully saturated rings. The zero-order valence-electron chi connectivity index (χ0n) is 20.7. The van der Waals surface area contributed by atoms with Crippen molar-refractivity contribution in [2.45, 2.75) is 44.9 Å². The lowest BCUT2D eigenvalue weighted by Crippen LogP contribution is -2.51. The number of carbonyl (C=O) groups excluding carboxylic acids is 1. The molecule has 1 amide bonds. The maximum Gasteiger partial charge on any atom is 0.227 e. The number of methoxy groups -OCH3 is 1. The lowest BCUT2D eigenvalue weighted by atomic mass is 9.90. The van der Waals surface area contributed by atoms with E-state index in [4.69, 9.17) is 9.73 Å². The van der Waals surface area contributed by atoms with Gasteiger partial charge in [0.25, 0.3) is 0 Å². The number of hydrogen-bond acceptors (Lipinski definition) is 5. The van der Waals surface area contributed by atoms with Crippen LogP contribution in [0.5, 0.6) is 5.88 Å². The highest BCUT2D eigenvalue weighted by Crippen LogP contribution is 2.32. The molecule has 0 aliphatic carbocycles. The maximum atomic E-state index is 14.2. The molecule has 0 unspecified atom stereocenters. The van der Waals surface area contributed by atoms with E-state index in [2.05, 4.69) is 22.0 Å². The minimum Gasteiger partial charge on any atom is -0.481 e. The van der Waals surface area contributed by atoms with E-state index in [1.54, 1.807) is 13.3 Å². The maximum absolute atomic E-state index is 14.2. The second-order valence-electron chi connectivity index (χ2n) is 10.00. The molecule has 0 bridgehead atoms. The van der Waals surface area contributed by atoms with Crippen molar-refractivity contribution < 1.29 is 18.3 Å². The van der Waals surface area contributed by atoms with Crippen LogP contribution in [-0.4, -0.2) is 52.6 Å². The second-order valence-corrected chi connectivity index (χ2v) is 10.00. The Morgan fingerprint density at radius 3 is 2.76 bits per heavy atom. The van der Waals surface area contributed by atoms with Gasteiger partial charge in [-0.15, -0.1) is 0 Å². The van der Waals surface area contributed by atoms with Crippen molar-refractivity contribution in [3.05, 3.63) is 93.7 Å². The average molecular weight is 503 g/mol. The number of rotatable bonds is 5. The van der Waals surface area contributed by atoms with Gasteiger partial charge in [0.2, 0.25) is 11.8 Å². The van der Waals surface area contributed by atoms with E-state index in [-0.39, 0.29) is 11.9 Å². The van der Waals surface area contributed by atoms with Gasteiger partial charge in [0, 0.05) is 60.7 Å². The molecule has 190 valence electrons. The van der Waals surface area contributed by atoms with Crippen LogP contribution in [0.2, 0.25) is 0 Å². The lowest BCUT2D eigenvalue weighted by Gasteiger charge is -2.41. The van der Waals surface area contributed by atoms with E-state index in [1.807, 2.05) is 17.0 Å². The van der Waals surface area contributed by atoms with Crippen molar-refractivity contribution in [1.82, 2.24) is 14.8 Å². The van der Waals surface area contributed by atoms with Crippen molar-refractivity contribution in [2.75, 3.05) is 20.2 Å². The van der Waals surface area contributed by atoms with E-state index in [9.17, 15) is 13.6 Å². The second kappa shape index (κ2) is 9.67. The monoisotopic (exact) mass is 502 g/mol. The lowest BCUT2D eigenvalue weighted by molar-refractivity contribution is -0.135. The number of aliphatic imine (C=N–C) groups is 1. The first-order valence-electron chi connectivity index (χ1n) is 12.6. The fraction of sp³-hybridized carbons (Fsp3) is 0.345. The number of piperidine rings is 1. The first-order valence-corrected chi connectivity index (χ1v) is 12.6. The first-order chi connectivity index (χ1) is 18.0. The fourth-order valence-electron chi connectivity index (χ4n) is 5.73. The van der Waals surface area contributed by atoms with Gasteiger partial charge in [-0.3, -0.25) is 14.7 Å². The van der Waals surface area contributed by atoms with Gasteiger partial charge in [0.15, 0.2) is 0 Å². The summed E-state index contributed by atoms with van der Waals surface area (Å²) in [6.45, 7) is 3.06. The third kappa shape index (κ3) is 4.62. The highest BCUT2D eigenvalue weighted by Gasteiger charge is 2.33. The molecule has 1 saturated heterocycles. The largest absolute Gasteiger partial charge is 0.481 e. The molecule has 3 aliphatic rings. The number of nitrogens with zero attached hydrogens (tertiary/aromatic N) is 4. The standard InChI is InChI=1S/C29H28F2N4O2/c1-37-27-7-5-18(13-32-27)29-25-10-22-16-35(28(36)11-20(22)9-21(25)14-33-29)24-3-2-8-34(17-24)15-19-4-6-23(30)12-26(19)31/h4-7,9-10,12-13,24H,2-3,8,11,14-17H2,1H3/t24-/m0/s1. The van der Waals surface area contributed by atoms with Crippen molar-refractivity contribution in [2.24, 2.45) is 4.99 Å². The normalized spacial score (nSPS) is 19.4. The zero-order chi connectivity index (χ0) is 25.5. The molecule has 0 saturated carbocycles. The Labute approximate surface area is 214 Å². The van der Waals surface area contributed by atoms with Gasteiger partial charge < -0.3 is 9.64 Å². The molecule has 6 rings (SSSR count). The molecule has 6 nitrogen and oxygen atoms in total. The first kappa shape index (κ1) is 23.7. The van der Waals surface area contributed by atoms with Gasteiger partial charge in [-0.2, -0.15) is 0 Å². The summed E-state index contributed by atoms with van der Waals surface area (Å²) in [4.78, 5) is 26.5. The van der Waals surface area contributed by atoms with Gasteiger partial charge in [-0.25, -0.2) is 13.8 Å². The Morgan fingerprint density at radius 1 is 1.08 bits per heavy atom. The van der Waals surface area contributed by atoms with Gasteiger partial charge in [-0.1, -0.05) is 12.1 Å². The van der Waals surface area contributed by atoms with Gasteiger partial charge in [-0.05, 0) is 54.3 Å². The van der Waals surface area contributed by atoms with Crippen LogP contribution in [0.3, 0.4) is 0 Å². The summed E-state index contributed by atoms with van der Waals surface area (Å²) in [5.41, 5.74) is 6.79. The van der Waals surface area contributed by atoms with Gasteiger partial charge >= 0.3 is 0 Å². The van der Waals surface area contributed by atoms with Crippen LogP contribution < -0.4 is 4.74 Å². The summed E-state index contributed by atoms with van der Waals surface area (Å²) in [6, 6.07) is 11.9. The van der Waals surface area contributed by atoms with E-state index >= 15 is 0 Å². The SMILES string of the molecule is COc1ccc(C2=NCc3cc4c(cc32)CN([C@H]2CCCN(Cc3ccc(F)cc3F)C2)C(=O)C4)cn1. The molecule has 1 atom stereocenters. The van der Waals surface area contributed by atoms with Gasteiger partial charge in [0.05, 0.1) is 25.8 Å². The fourth-order valence-corrected chi connectivity index (χ4v) is 5.73. The number of ether oxygens (including phenoxy) is 1. The van der Waals surface area contributed by atoms with Crippen molar-refractivity contribution in [3.63, 3.8) is 0 Å². The van der Waals surface area contributed by atoms with E-state index in [1.165, 1.54) is 12.1 Å². The third-order valence-electron chi connectivity index (χ3n) is 7.64. The number of pyridine rings is 1. The molecule has 8 heteroatoms. The Kier molecular flexibility index (Phi) is 6.20. The zero-order valence-corrected chi connectivity index (χ0v) is 20.7. The summed E-state index contributed by atoms with van der Waals surface area (Å²) in [5, 5.41) is 0. The Balaban J connectivity index is 1.20. The molecule has 37 heavy (non-hydrogen) atoms. The summed E-state index contributed by atoms with van der Waals surface area (Å²) in [5.74, 6) is -0.404. The van der Waals surface area contributed by atoms with Crippen LogP contribution in [0.15, 0.2) is 53.7 Å². The number of fused-ring (bicyclic) bond motifs is 2. The minimum absolute atomic E-state index is 0.0603. The van der Waals surface area contributed by atoms with Crippen LogP contribution in [0, 0.1) is 11.6 Å². The molecule has 3 aliphatic heterocycles. The molecular weight excluding hydrogens is 474 g/mol. The predicted octanol–water partition coefficient (Wildman–Crippen LogP) is 4.27. The Morgan fingerprint density at radius 2 is 1.97 bits per heavy atom. The Hall–Kier alpha value is -3.65. The van der Waals surface area contributed by atoms with Crippen molar-refractivity contribution >= 4 is 11.6 Å². The van der Waals surface area contributed by atoms with Crippen molar-refractivity contribution in [1.29, 1.82) is 0 Å². The van der Waals surface area contributed by atoms with E-state index in [0.717, 1.165) is 59.0 Å². The average Bonchev–Trinajstić information content (AvgIpc) is 3.31. The molecule has 2 aromatic carbocycles.